The van der Waals surface area contributed by atoms with Crippen molar-refractivity contribution in [3.05, 3.63) is 65.8 Å². The smallest absolute Gasteiger partial charge is 0.0360 e. The Bertz CT molecular complexity index is 518. The highest BCUT2D eigenvalue weighted by Crippen LogP contribution is 2.29. The molecule has 0 radical (unpaired) electrons. The molecule has 2 rings (SSSR count). The molecule has 0 spiro atoms. The minimum absolute atomic E-state index is 0.422. The van der Waals surface area contributed by atoms with Gasteiger partial charge in [-0.3, -0.25) is 0 Å². The van der Waals surface area contributed by atoms with Crippen LogP contribution in [-0.2, 0) is 0 Å². The summed E-state index contributed by atoms with van der Waals surface area (Å²) in [6.07, 6.45) is 9.63. The second kappa shape index (κ2) is 5.63. The zero-order valence-corrected chi connectivity index (χ0v) is 11.0. The van der Waals surface area contributed by atoms with Crippen molar-refractivity contribution in [1.82, 2.24) is 0 Å². The van der Waals surface area contributed by atoms with Crippen LogP contribution in [0.25, 0.3) is 5.57 Å². The molecule has 1 aromatic rings. The van der Waals surface area contributed by atoms with Crippen LogP contribution in [0.2, 0.25) is 0 Å². The first-order chi connectivity index (χ1) is 8.70. The first-order valence-electron chi connectivity index (χ1n) is 6.35. The second-order valence-corrected chi connectivity index (χ2v) is 4.70. The number of benzene rings is 1. The highest BCUT2D eigenvalue weighted by Gasteiger charge is 2.15. The van der Waals surface area contributed by atoms with Crippen LogP contribution in [0.3, 0.4) is 0 Å². The molecule has 0 aliphatic heterocycles. The van der Waals surface area contributed by atoms with Crippen LogP contribution < -0.4 is 0 Å². The summed E-state index contributed by atoms with van der Waals surface area (Å²) < 4.78 is 0. The summed E-state index contributed by atoms with van der Waals surface area (Å²) in [4.78, 5) is 0. The van der Waals surface area contributed by atoms with Crippen molar-refractivity contribution in [3.8, 4) is 0 Å². The van der Waals surface area contributed by atoms with Crippen LogP contribution in [0.15, 0.2) is 60.2 Å². The molecule has 1 atom stereocenters. The monoisotopic (exact) mass is 237 g/mol. The summed E-state index contributed by atoms with van der Waals surface area (Å²) in [5.74, 6) is 0.422. The number of hydrogen-bond donors (Lipinski definition) is 1. The predicted octanol–water partition coefficient (Wildman–Crippen LogP) is 4.63. The number of rotatable bonds is 3. The van der Waals surface area contributed by atoms with Gasteiger partial charge in [0.05, 0.1) is 0 Å². The van der Waals surface area contributed by atoms with Crippen molar-refractivity contribution in [2.75, 3.05) is 0 Å². The molecule has 1 aliphatic rings. The van der Waals surface area contributed by atoms with Gasteiger partial charge in [0.25, 0.3) is 0 Å². The minimum Gasteiger partial charge on any atom is -0.305 e. The quantitative estimate of drug-likeness (QED) is 0.741. The molecule has 18 heavy (non-hydrogen) atoms. The molecule has 1 nitrogen and oxygen atoms in total. The first kappa shape index (κ1) is 12.6. The van der Waals surface area contributed by atoms with Gasteiger partial charge < -0.3 is 5.41 Å². The maximum Gasteiger partial charge on any atom is 0.0360 e. The summed E-state index contributed by atoms with van der Waals surface area (Å²) in [7, 11) is 0. The Labute approximate surface area is 109 Å². The molecule has 0 saturated heterocycles. The summed E-state index contributed by atoms with van der Waals surface area (Å²) in [6.45, 7) is 4.02. The molecule has 0 aromatic heterocycles. The van der Waals surface area contributed by atoms with Crippen LogP contribution >= 0.6 is 0 Å². The largest absolute Gasteiger partial charge is 0.305 e. The first-order valence-corrected chi connectivity index (χ1v) is 6.35. The summed E-state index contributed by atoms with van der Waals surface area (Å²) in [6, 6.07) is 10.2. The highest BCUT2D eigenvalue weighted by molar-refractivity contribution is 6.22. The van der Waals surface area contributed by atoms with Crippen LogP contribution in [0.4, 0.5) is 0 Å². The Morgan fingerprint density at radius 2 is 1.83 bits per heavy atom. The molecule has 1 N–H and O–H groups in total. The minimum atomic E-state index is 0.422. The maximum atomic E-state index is 8.04. The molecule has 1 unspecified atom stereocenters. The zero-order valence-electron chi connectivity index (χ0n) is 11.0. The van der Waals surface area contributed by atoms with Gasteiger partial charge in [-0.1, -0.05) is 60.2 Å². The number of allylic oxidation sites excluding steroid dienone is 6. The molecule has 92 valence electrons. The van der Waals surface area contributed by atoms with Crippen LogP contribution in [0, 0.1) is 11.3 Å². The Morgan fingerprint density at radius 3 is 2.39 bits per heavy atom. The Morgan fingerprint density at radius 1 is 1.11 bits per heavy atom. The third-order valence-corrected chi connectivity index (χ3v) is 3.37. The van der Waals surface area contributed by atoms with Crippen molar-refractivity contribution >= 4 is 11.3 Å². The number of nitrogens with one attached hydrogen (secondary N) is 1. The predicted molar refractivity (Wildman–Crippen MR) is 78.8 cm³/mol. The van der Waals surface area contributed by atoms with E-state index in [0.29, 0.717) is 11.6 Å². The lowest BCUT2D eigenvalue weighted by atomic mass is 9.86. The second-order valence-electron chi connectivity index (χ2n) is 4.70. The lowest BCUT2D eigenvalue weighted by Gasteiger charge is -2.19. The summed E-state index contributed by atoms with van der Waals surface area (Å²) in [5, 5.41) is 8.04. The van der Waals surface area contributed by atoms with Gasteiger partial charge in [0.2, 0.25) is 0 Å². The van der Waals surface area contributed by atoms with Gasteiger partial charge >= 0.3 is 0 Å². The van der Waals surface area contributed by atoms with E-state index >= 15 is 0 Å². The van der Waals surface area contributed by atoms with Gasteiger partial charge in [0.1, 0.15) is 0 Å². The van der Waals surface area contributed by atoms with Gasteiger partial charge in [-0.15, -0.1) is 0 Å². The Kier molecular flexibility index (Phi) is 3.93. The van der Waals surface area contributed by atoms with Crippen molar-refractivity contribution in [2.24, 2.45) is 5.92 Å². The Balaban J connectivity index is 2.43. The average molecular weight is 237 g/mol. The third kappa shape index (κ3) is 2.67. The van der Waals surface area contributed by atoms with Crippen LogP contribution in [0.5, 0.6) is 0 Å². The van der Waals surface area contributed by atoms with Gasteiger partial charge in [0.15, 0.2) is 0 Å². The molecular weight excluding hydrogens is 218 g/mol. The molecule has 0 amide bonds. The van der Waals surface area contributed by atoms with E-state index < -0.39 is 0 Å². The molecule has 0 saturated carbocycles. The van der Waals surface area contributed by atoms with Crippen LogP contribution in [0.1, 0.15) is 25.8 Å². The Hall–Kier alpha value is -1.89. The molecule has 1 aliphatic carbocycles. The molecule has 0 bridgehead atoms. The fourth-order valence-electron chi connectivity index (χ4n) is 2.43. The fraction of sp³-hybridized carbons (Fsp3) is 0.235. The van der Waals surface area contributed by atoms with Gasteiger partial charge in [-0.05, 0) is 25.8 Å². The van der Waals surface area contributed by atoms with E-state index in [2.05, 4.69) is 43.4 Å². The molecule has 0 heterocycles. The van der Waals surface area contributed by atoms with E-state index in [1.54, 1.807) is 0 Å². The summed E-state index contributed by atoms with van der Waals surface area (Å²) in [5.41, 5.74) is 4.15. The molecule has 1 aromatic carbocycles. The standard InChI is InChI=1S/C17H19N/c1-13(15-9-5-3-6-10-15)17(14(2)18)16-11-7-4-8-12-16/h3-9,11-12,15,18H,10H2,1-2H3/b17-13-,18-14?. The van der Waals surface area contributed by atoms with E-state index in [-0.39, 0.29) is 0 Å². The average Bonchev–Trinajstić information content (AvgIpc) is 2.40. The lowest BCUT2D eigenvalue weighted by molar-refractivity contribution is 0.770. The normalized spacial score (nSPS) is 19.6. The number of hydrogen-bond acceptors (Lipinski definition) is 1. The van der Waals surface area contributed by atoms with E-state index in [4.69, 9.17) is 5.41 Å². The lowest BCUT2D eigenvalue weighted by Crippen LogP contribution is -2.06. The van der Waals surface area contributed by atoms with E-state index in [0.717, 1.165) is 17.6 Å². The maximum absolute atomic E-state index is 8.04. The van der Waals surface area contributed by atoms with E-state index in [1.807, 2.05) is 25.1 Å². The van der Waals surface area contributed by atoms with E-state index in [1.165, 1.54) is 5.57 Å². The molecular formula is C17H19N. The van der Waals surface area contributed by atoms with Crippen LogP contribution in [-0.4, -0.2) is 5.71 Å². The zero-order chi connectivity index (χ0) is 13.0. The summed E-state index contributed by atoms with van der Waals surface area (Å²) >= 11 is 0. The van der Waals surface area contributed by atoms with Gasteiger partial charge in [-0.25, -0.2) is 0 Å². The molecule has 1 heteroatoms. The van der Waals surface area contributed by atoms with E-state index in [9.17, 15) is 0 Å². The topological polar surface area (TPSA) is 23.9 Å². The fourth-order valence-corrected chi connectivity index (χ4v) is 2.43. The van der Waals surface area contributed by atoms with Crippen molar-refractivity contribution in [3.63, 3.8) is 0 Å². The van der Waals surface area contributed by atoms with Crippen molar-refractivity contribution in [1.29, 1.82) is 5.41 Å². The SMILES string of the molecule is CC(=N)/C(=C(\C)C1C=CC=CC1)c1ccccc1. The molecule has 0 fully saturated rings. The van der Waals surface area contributed by atoms with Gasteiger partial charge in [-0.2, -0.15) is 0 Å². The highest BCUT2D eigenvalue weighted by atomic mass is 14.4. The third-order valence-electron chi connectivity index (χ3n) is 3.37. The van der Waals surface area contributed by atoms with Crippen molar-refractivity contribution in [2.45, 2.75) is 20.3 Å². The van der Waals surface area contributed by atoms with Gasteiger partial charge in [0, 0.05) is 17.2 Å². The van der Waals surface area contributed by atoms with Crippen molar-refractivity contribution < 1.29 is 0 Å².